The number of nitrogens with zero attached hydrogens (tertiary/aromatic N) is 4. The highest BCUT2D eigenvalue weighted by Crippen LogP contribution is 2.14. The van der Waals surface area contributed by atoms with Crippen molar-refractivity contribution in [1.29, 1.82) is 0 Å². The van der Waals surface area contributed by atoms with Crippen LogP contribution in [0.1, 0.15) is 42.0 Å². The predicted octanol–water partition coefficient (Wildman–Crippen LogP) is 3.64. The van der Waals surface area contributed by atoms with Crippen LogP contribution in [0.2, 0.25) is 0 Å². The average molecular weight is 516 g/mol. The number of thioether (sulfide) groups is 1. The van der Waals surface area contributed by atoms with Gasteiger partial charge in [-0.05, 0) is 43.8 Å². The fourth-order valence-electron chi connectivity index (χ4n) is 2.60. The molecule has 0 aliphatic rings. The highest BCUT2D eigenvalue weighted by atomic mass is 127. The molecule has 28 heavy (non-hydrogen) atoms. The Hall–Kier alpha value is -1.29. The van der Waals surface area contributed by atoms with Crippen molar-refractivity contribution in [2.24, 2.45) is 12.0 Å². The highest BCUT2D eigenvalue weighted by molar-refractivity contribution is 14.0. The number of benzene rings is 1. The van der Waals surface area contributed by atoms with E-state index in [1.54, 1.807) is 0 Å². The van der Waals surface area contributed by atoms with Crippen LogP contribution in [0.5, 0.6) is 0 Å². The summed E-state index contributed by atoms with van der Waals surface area (Å²) >= 11 is 1.86. The normalized spacial score (nSPS) is 12.4. The summed E-state index contributed by atoms with van der Waals surface area (Å²) in [5, 5.41) is 15.2. The molecule has 1 atom stereocenters. The van der Waals surface area contributed by atoms with E-state index in [0.29, 0.717) is 12.5 Å². The lowest BCUT2D eigenvalue weighted by Gasteiger charge is -2.17. The van der Waals surface area contributed by atoms with Crippen LogP contribution in [0, 0.1) is 13.8 Å². The molecule has 2 N–H and O–H groups in total. The van der Waals surface area contributed by atoms with Crippen LogP contribution in [-0.2, 0) is 13.6 Å². The smallest absolute Gasteiger partial charge is 0.191 e. The average Bonchev–Trinajstić information content (AvgIpc) is 2.99. The Bertz CT molecular complexity index is 729. The van der Waals surface area contributed by atoms with E-state index in [2.05, 4.69) is 65.2 Å². The molecule has 2 rings (SSSR count). The van der Waals surface area contributed by atoms with Gasteiger partial charge in [0, 0.05) is 20.1 Å². The van der Waals surface area contributed by atoms with Crippen molar-refractivity contribution in [1.82, 2.24) is 25.4 Å². The molecule has 2 aromatic rings. The standard InChI is InChI=1S/C20H32N6S.HI/c1-15-7-9-18(10-8-15)16(2)13-22-20(21-11-6-12-27-5)23-14-19-25-24-17(3)26(19)4;/h7-10,16H,6,11-14H2,1-5H3,(H2,21,22,23);1H. The van der Waals surface area contributed by atoms with Crippen LogP contribution in [0.4, 0.5) is 0 Å². The number of rotatable bonds is 9. The summed E-state index contributed by atoms with van der Waals surface area (Å²) in [6.07, 6.45) is 3.24. The minimum atomic E-state index is 0. The Morgan fingerprint density at radius 3 is 2.50 bits per heavy atom. The van der Waals surface area contributed by atoms with Crippen molar-refractivity contribution >= 4 is 41.7 Å². The van der Waals surface area contributed by atoms with E-state index in [9.17, 15) is 0 Å². The summed E-state index contributed by atoms with van der Waals surface area (Å²) < 4.78 is 1.98. The van der Waals surface area contributed by atoms with Crippen LogP contribution in [-0.4, -0.2) is 45.8 Å². The van der Waals surface area contributed by atoms with E-state index in [4.69, 9.17) is 4.99 Å². The molecule has 0 spiro atoms. The maximum absolute atomic E-state index is 4.71. The Morgan fingerprint density at radius 2 is 1.89 bits per heavy atom. The van der Waals surface area contributed by atoms with Crippen molar-refractivity contribution in [2.45, 2.75) is 39.7 Å². The molecule has 0 aliphatic heterocycles. The second-order valence-corrected chi connectivity index (χ2v) is 7.84. The third-order valence-electron chi connectivity index (χ3n) is 4.60. The van der Waals surface area contributed by atoms with Gasteiger partial charge in [-0.3, -0.25) is 0 Å². The first-order valence-corrected chi connectivity index (χ1v) is 10.8. The monoisotopic (exact) mass is 516 g/mol. The van der Waals surface area contributed by atoms with Gasteiger partial charge in [-0.25, -0.2) is 4.99 Å². The molecule has 0 saturated heterocycles. The van der Waals surface area contributed by atoms with E-state index in [1.807, 2.05) is 30.3 Å². The largest absolute Gasteiger partial charge is 0.356 e. The first kappa shape index (κ1) is 24.7. The lowest BCUT2D eigenvalue weighted by atomic mass is 10.0. The molecule has 156 valence electrons. The highest BCUT2D eigenvalue weighted by Gasteiger charge is 2.08. The lowest BCUT2D eigenvalue weighted by molar-refractivity contribution is 0.688. The molecule has 0 radical (unpaired) electrons. The van der Waals surface area contributed by atoms with Gasteiger partial charge in [-0.1, -0.05) is 36.8 Å². The van der Waals surface area contributed by atoms with Crippen molar-refractivity contribution < 1.29 is 0 Å². The van der Waals surface area contributed by atoms with Gasteiger partial charge >= 0.3 is 0 Å². The van der Waals surface area contributed by atoms with Crippen LogP contribution >= 0.6 is 35.7 Å². The molecule has 0 fully saturated rings. The number of aliphatic imine (C=N–C) groups is 1. The fourth-order valence-corrected chi connectivity index (χ4v) is 3.03. The number of aromatic nitrogens is 3. The molecule has 6 nitrogen and oxygen atoms in total. The number of aryl methyl sites for hydroxylation is 2. The van der Waals surface area contributed by atoms with Gasteiger partial charge in [0.05, 0.1) is 0 Å². The summed E-state index contributed by atoms with van der Waals surface area (Å²) in [7, 11) is 1.97. The molecule has 0 aliphatic carbocycles. The molecule has 0 amide bonds. The number of halogens is 1. The number of guanidine groups is 1. The number of nitrogens with one attached hydrogen (secondary N) is 2. The molecule has 1 aromatic carbocycles. The van der Waals surface area contributed by atoms with Crippen LogP contribution in [0.25, 0.3) is 0 Å². The Balaban J connectivity index is 0.00000392. The zero-order chi connectivity index (χ0) is 19.6. The number of hydrogen-bond acceptors (Lipinski definition) is 4. The Labute approximate surface area is 190 Å². The van der Waals surface area contributed by atoms with Crippen molar-refractivity contribution in [3.05, 3.63) is 47.0 Å². The van der Waals surface area contributed by atoms with E-state index < -0.39 is 0 Å². The van der Waals surface area contributed by atoms with Crippen molar-refractivity contribution in [3.8, 4) is 0 Å². The molecule has 1 unspecified atom stereocenters. The zero-order valence-corrected chi connectivity index (χ0v) is 20.7. The summed E-state index contributed by atoms with van der Waals surface area (Å²) in [5.41, 5.74) is 2.62. The summed E-state index contributed by atoms with van der Waals surface area (Å²) in [4.78, 5) is 4.71. The maximum atomic E-state index is 4.71. The molecule has 1 heterocycles. The van der Waals surface area contributed by atoms with Crippen molar-refractivity contribution in [2.75, 3.05) is 25.1 Å². The van der Waals surface area contributed by atoms with Gasteiger partial charge in [-0.15, -0.1) is 34.2 Å². The fraction of sp³-hybridized carbons (Fsp3) is 0.550. The first-order valence-electron chi connectivity index (χ1n) is 9.43. The second-order valence-electron chi connectivity index (χ2n) is 6.85. The Morgan fingerprint density at radius 1 is 1.18 bits per heavy atom. The molecule has 1 aromatic heterocycles. The van der Waals surface area contributed by atoms with E-state index in [0.717, 1.165) is 42.9 Å². The topological polar surface area (TPSA) is 67.1 Å². The molecule has 0 saturated carbocycles. The van der Waals surface area contributed by atoms with Crippen LogP contribution in [0.3, 0.4) is 0 Å². The summed E-state index contributed by atoms with van der Waals surface area (Å²) in [5.74, 6) is 4.14. The molecular weight excluding hydrogens is 483 g/mol. The van der Waals surface area contributed by atoms with E-state index in [1.165, 1.54) is 11.1 Å². The molecule has 8 heteroatoms. The molecule has 0 bridgehead atoms. The first-order chi connectivity index (χ1) is 13.0. The van der Waals surface area contributed by atoms with Gasteiger partial charge in [0.2, 0.25) is 0 Å². The minimum Gasteiger partial charge on any atom is -0.356 e. The van der Waals surface area contributed by atoms with E-state index in [-0.39, 0.29) is 24.0 Å². The zero-order valence-electron chi connectivity index (χ0n) is 17.5. The minimum absolute atomic E-state index is 0. The third-order valence-corrected chi connectivity index (χ3v) is 5.30. The lowest BCUT2D eigenvalue weighted by Crippen LogP contribution is -2.39. The third kappa shape index (κ3) is 7.98. The van der Waals surface area contributed by atoms with Crippen LogP contribution < -0.4 is 10.6 Å². The maximum Gasteiger partial charge on any atom is 0.191 e. The van der Waals surface area contributed by atoms with E-state index >= 15 is 0 Å². The van der Waals surface area contributed by atoms with Gasteiger partial charge in [0.1, 0.15) is 12.4 Å². The van der Waals surface area contributed by atoms with Crippen molar-refractivity contribution in [3.63, 3.8) is 0 Å². The van der Waals surface area contributed by atoms with Gasteiger partial charge in [-0.2, -0.15) is 11.8 Å². The summed E-state index contributed by atoms with van der Waals surface area (Å²) in [6.45, 7) is 8.54. The second kappa shape index (κ2) is 13.0. The Kier molecular flexibility index (Phi) is 11.5. The summed E-state index contributed by atoms with van der Waals surface area (Å²) in [6, 6.07) is 8.73. The van der Waals surface area contributed by atoms with Crippen LogP contribution in [0.15, 0.2) is 29.3 Å². The van der Waals surface area contributed by atoms with Gasteiger partial charge in [0.25, 0.3) is 0 Å². The SMILES string of the molecule is CSCCCNC(=NCc1nnc(C)n1C)NCC(C)c1ccc(C)cc1.I. The molecular formula is C20H33IN6S. The van der Waals surface area contributed by atoms with Gasteiger partial charge < -0.3 is 15.2 Å². The predicted molar refractivity (Wildman–Crippen MR) is 131 cm³/mol. The number of hydrogen-bond donors (Lipinski definition) is 2. The quantitative estimate of drug-likeness (QED) is 0.231. The van der Waals surface area contributed by atoms with Gasteiger partial charge in [0.15, 0.2) is 11.8 Å².